The molecular weight excluding hydrogens is 406 g/mol. The number of methoxy groups -OCH3 is 1. The fourth-order valence-corrected chi connectivity index (χ4v) is 4.37. The number of carbonyl (C=O) groups is 1. The SMILES string of the molecule is COc1cccc(-c2cn3c(C(=O)Nc4ccccc4-c4ccccc4)csc3n2)c1. The van der Waals surface area contributed by atoms with Crippen LogP contribution in [0.25, 0.3) is 27.3 Å². The predicted octanol–water partition coefficient (Wildman–Crippen LogP) is 5.99. The number of anilines is 1. The van der Waals surface area contributed by atoms with Crippen LogP contribution in [0.3, 0.4) is 0 Å². The number of hydrogen-bond acceptors (Lipinski definition) is 4. The van der Waals surface area contributed by atoms with Gasteiger partial charge in [0.15, 0.2) is 4.96 Å². The molecule has 0 bridgehead atoms. The Kier molecular flexibility index (Phi) is 4.98. The average molecular weight is 426 g/mol. The summed E-state index contributed by atoms with van der Waals surface area (Å²) in [5.41, 5.74) is 5.08. The van der Waals surface area contributed by atoms with Gasteiger partial charge in [0.05, 0.1) is 12.8 Å². The maximum Gasteiger partial charge on any atom is 0.273 e. The lowest BCUT2D eigenvalue weighted by Gasteiger charge is -2.11. The molecule has 5 nitrogen and oxygen atoms in total. The molecule has 1 amide bonds. The van der Waals surface area contributed by atoms with Crippen LogP contribution in [0.5, 0.6) is 5.75 Å². The van der Waals surface area contributed by atoms with Crippen LogP contribution in [-0.2, 0) is 0 Å². The lowest BCUT2D eigenvalue weighted by atomic mass is 10.0. The van der Waals surface area contributed by atoms with Crippen molar-refractivity contribution in [3.05, 3.63) is 96.1 Å². The van der Waals surface area contributed by atoms with Crippen molar-refractivity contribution in [1.29, 1.82) is 0 Å². The van der Waals surface area contributed by atoms with Gasteiger partial charge in [0, 0.05) is 28.4 Å². The Morgan fingerprint density at radius 1 is 0.968 bits per heavy atom. The third kappa shape index (κ3) is 3.69. The molecule has 0 aliphatic heterocycles. The summed E-state index contributed by atoms with van der Waals surface area (Å²) in [6, 6.07) is 25.6. The zero-order valence-electron chi connectivity index (χ0n) is 16.8. The second-order valence-electron chi connectivity index (χ2n) is 7.00. The third-order valence-electron chi connectivity index (χ3n) is 5.07. The Labute approximate surface area is 183 Å². The van der Waals surface area contributed by atoms with Crippen LogP contribution >= 0.6 is 11.3 Å². The molecule has 0 radical (unpaired) electrons. The number of amides is 1. The van der Waals surface area contributed by atoms with Crippen molar-refractivity contribution in [2.45, 2.75) is 0 Å². The number of fused-ring (bicyclic) bond motifs is 1. The van der Waals surface area contributed by atoms with Crippen molar-refractivity contribution in [2.24, 2.45) is 0 Å². The minimum Gasteiger partial charge on any atom is -0.497 e. The van der Waals surface area contributed by atoms with E-state index in [1.807, 2.05) is 94.8 Å². The molecule has 0 fully saturated rings. The van der Waals surface area contributed by atoms with E-state index < -0.39 is 0 Å². The first-order valence-corrected chi connectivity index (χ1v) is 10.7. The highest BCUT2D eigenvalue weighted by Gasteiger charge is 2.17. The predicted molar refractivity (Wildman–Crippen MR) is 125 cm³/mol. The first-order valence-electron chi connectivity index (χ1n) is 9.80. The fraction of sp³-hybridized carbons (Fsp3) is 0.0400. The van der Waals surface area contributed by atoms with Gasteiger partial charge in [-0.2, -0.15) is 0 Å². The van der Waals surface area contributed by atoms with Crippen molar-refractivity contribution in [1.82, 2.24) is 9.38 Å². The van der Waals surface area contributed by atoms with Crippen LogP contribution in [-0.4, -0.2) is 22.4 Å². The summed E-state index contributed by atoms with van der Waals surface area (Å²) >= 11 is 1.44. The van der Waals surface area contributed by atoms with E-state index in [0.29, 0.717) is 5.69 Å². The van der Waals surface area contributed by atoms with Gasteiger partial charge < -0.3 is 10.1 Å². The van der Waals surface area contributed by atoms with Gasteiger partial charge in [-0.25, -0.2) is 4.98 Å². The normalized spacial score (nSPS) is 10.9. The number of nitrogens with one attached hydrogen (secondary N) is 1. The smallest absolute Gasteiger partial charge is 0.273 e. The molecule has 6 heteroatoms. The summed E-state index contributed by atoms with van der Waals surface area (Å²) in [4.78, 5) is 18.6. The summed E-state index contributed by atoms with van der Waals surface area (Å²) in [5.74, 6) is 0.591. The minimum absolute atomic E-state index is 0.177. The topological polar surface area (TPSA) is 55.6 Å². The number of benzene rings is 3. The molecule has 5 aromatic rings. The van der Waals surface area contributed by atoms with Crippen LogP contribution in [0.15, 0.2) is 90.4 Å². The van der Waals surface area contributed by atoms with Gasteiger partial charge in [-0.15, -0.1) is 11.3 Å². The molecule has 2 aromatic heterocycles. The molecule has 2 heterocycles. The maximum absolute atomic E-state index is 13.1. The van der Waals surface area contributed by atoms with Crippen LogP contribution < -0.4 is 10.1 Å². The third-order valence-corrected chi connectivity index (χ3v) is 5.91. The highest BCUT2D eigenvalue weighted by atomic mass is 32.1. The molecule has 0 unspecified atom stereocenters. The van der Waals surface area contributed by atoms with Gasteiger partial charge in [-0.05, 0) is 23.8 Å². The number of nitrogens with zero attached hydrogens (tertiary/aromatic N) is 2. The van der Waals surface area contributed by atoms with Gasteiger partial charge >= 0.3 is 0 Å². The van der Waals surface area contributed by atoms with Gasteiger partial charge in [0.2, 0.25) is 0 Å². The molecule has 0 atom stereocenters. The minimum atomic E-state index is -0.177. The Morgan fingerprint density at radius 3 is 2.58 bits per heavy atom. The number of ether oxygens (including phenoxy) is 1. The van der Waals surface area contributed by atoms with Gasteiger partial charge in [0.25, 0.3) is 5.91 Å². The second kappa shape index (κ2) is 8.08. The van der Waals surface area contributed by atoms with E-state index >= 15 is 0 Å². The van der Waals surface area contributed by atoms with Gasteiger partial charge in [0.1, 0.15) is 11.4 Å². The zero-order chi connectivity index (χ0) is 21.2. The maximum atomic E-state index is 13.1. The molecule has 3 aromatic carbocycles. The molecular formula is C25H19N3O2S. The highest BCUT2D eigenvalue weighted by molar-refractivity contribution is 7.15. The zero-order valence-corrected chi connectivity index (χ0v) is 17.6. The molecule has 31 heavy (non-hydrogen) atoms. The standard InChI is InChI=1S/C25H19N3O2S/c1-30-19-11-7-10-18(14-19)22-15-28-23(16-31-25(28)27-22)24(29)26-21-13-6-5-12-20(21)17-8-3-2-4-9-17/h2-16H,1H3,(H,26,29). The number of para-hydroxylation sites is 1. The molecule has 0 aliphatic carbocycles. The molecule has 5 rings (SSSR count). The number of thiazole rings is 1. The van der Waals surface area contributed by atoms with Gasteiger partial charge in [-0.1, -0.05) is 60.7 Å². The van der Waals surface area contributed by atoms with E-state index in [2.05, 4.69) is 10.3 Å². The van der Waals surface area contributed by atoms with E-state index in [4.69, 9.17) is 4.74 Å². The first kappa shape index (κ1) is 19.1. The van der Waals surface area contributed by atoms with Crippen molar-refractivity contribution < 1.29 is 9.53 Å². The molecule has 0 aliphatic rings. The summed E-state index contributed by atoms with van der Waals surface area (Å²) in [6.07, 6.45) is 1.89. The van der Waals surface area contributed by atoms with Crippen LogP contribution in [0.2, 0.25) is 0 Å². The number of imidazole rings is 1. The van der Waals surface area contributed by atoms with E-state index in [9.17, 15) is 4.79 Å². The fourth-order valence-electron chi connectivity index (χ4n) is 3.52. The summed E-state index contributed by atoms with van der Waals surface area (Å²) in [5, 5.41) is 4.90. The lowest BCUT2D eigenvalue weighted by molar-refractivity contribution is 0.102. The van der Waals surface area contributed by atoms with E-state index in [1.165, 1.54) is 11.3 Å². The Hall–Kier alpha value is -3.90. The number of rotatable bonds is 5. The van der Waals surface area contributed by atoms with Crippen LogP contribution in [0, 0.1) is 0 Å². The molecule has 0 saturated heterocycles. The lowest BCUT2D eigenvalue weighted by Crippen LogP contribution is -2.14. The Morgan fingerprint density at radius 2 is 1.74 bits per heavy atom. The molecule has 0 saturated carbocycles. The number of carbonyl (C=O) groups excluding carboxylic acids is 1. The summed E-state index contributed by atoms with van der Waals surface area (Å²) in [6.45, 7) is 0. The largest absolute Gasteiger partial charge is 0.497 e. The summed E-state index contributed by atoms with van der Waals surface area (Å²) in [7, 11) is 1.64. The van der Waals surface area contributed by atoms with E-state index in [0.717, 1.165) is 38.8 Å². The van der Waals surface area contributed by atoms with E-state index in [-0.39, 0.29) is 5.91 Å². The highest BCUT2D eigenvalue weighted by Crippen LogP contribution is 2.29. The average Bonchev–Trinajstić information content (AvgIpc) is 3.41. The molecule has 152 valence electrons. The Balaban J connectivity index is 1.47. The first-order chi connectivity index (χ1) is 15.2. The van der Waals surface area contributed by atoms with Crippen LogP contribution in [0.1, 0.15) is 10.5 Å². The summed E-state index contributed by atoms with van der Waals surface area (Å²) < 4.78 is 7.15. The monoisotopic (exact) mass is 425 g/mol. The van der Waals surface area contributed by atoms with Crippen molar-refractivity contribution in [3.63, 3.8) is 0 Å². The number of hydrogen-bond donors (Lipinski definition) is 1. The van der Waals surface area contributed by atoms with Crippen molar-refractivity contribution in [3.8, 4) is 28.1 Å². The quantitative estimate of drug-likeness (QED) is 0.376. The number of aromatic nitrogens is 2. The molecule has 1 N–H and O–H groups in total. The van der Waals surface area contributed by atoms with Crippen molar-refractivity contribution in [2.75, 3.05) is 12.4 Å². The van der Waals surface area contributed by atoms with Gasteiger partial charge in [-0.3, -0.25) is 9.20 Å². The van der Waals surface area contributed by atoms with E-state index in [1.54, 1.807) is 7.11 Å². The Bertz CT molecular complexity index is 1370. The van der Waals surface area contributed by atoms with Crippen molar-refractivity contribution >= 4 is 27.9 Å². The van der Waals surface area contributed by atoms with Crippen LogP contribution in [0.4, 0.5) is 5.69 Å². The molecule has 0 spiro atoms. The second-order valence-corrected chi connectivity index (χ2v) is 7.83.